The van der Waals surface area contributed by atoms with Gasteiger partial charge in [-0.05, 0) is 42.8 Å². The minimum Gasteiger partial charge on any atom is -0.276 e. The fraction of sp³-hybridized carbons (Fsp3) is 0.176. The van der Waals surface area contributed by atoms with Gasteiger partial charge in [0.1, 0.15) is 6.04 Å². The number of rotatable bonds is 3. The molecule has 0 radical (unpaired) electrons. The molecule has 1 atom stereocenters. The maximum Gasteiger partial charge on any atom is 0.409 e. The third-order valence-corrected chi connectivity index (χ3v) is 4.89. The van der Waals surface area contributed by atoms with Crippen molar-refractivity contribution in [2.24, 2.45) is 5.14 Å². The number of hydrogen-bond donors (Lipinski definition) is 2. The first-order valence-electron chi connectivity index (χ1n) is 7.60. The summed E-state index contributed by atoms with van der Waals surface area (Å²) in [5, 5.41) is 6.34. The zero-order chi connectivity index (χ0) is 19.1. The van der Waals surface area contributed by atoms with Gasteiger partial charge in [0.2, 0.25) is 10.0 Å². The van der Waals surface area contributed by atoms with E-state index in [1.54, 1.807) is 24.3 Å². The Morgan fingerprint density at radius 2 is 1.62 bits per heavy atom. The summed E-state index contributed by atoms with van der Waals surface area (Å²) in [5.74, 6) is 0. The molecular formula is C17H16F3N3O2S. The van der Waals surface area contributed by atoms with E-state index in [1.165, 1.54) is 29.3 Å². The van der Waals surface area contributed by atoms with Gasteiger partial charge in [0.05, 0.1) is 16.3 Å². The van der Waals surface area contributed by atoms with Crippen molar-refractivity contribution in [3.05, 3.63) is 65.7 Å². The smallest absolute Gasteiger partial charge is 0.276 e. The molecule has 26 heavy (non-hydrogen) atoms. The van der Waals surface area contributed by atoms with E-state index in [2.05, 4.69) is 5.43 Å². The summed E-state index contributed by atoms with van der Waals surface area (Å²) >= 11 is 0. The molecule has 0 spiro atoms. The monoisotopic (exact) mass is 383 g/mol. The number of nitrogens with two attached hydrogens (primary N) is 1. The summed E-state index contributed by atoms with van der Waals surface area (Å²) in [6.45, 7) is 1.88. The van der Waals surface area contributed by atoms with Crippen LogP contribution in [0, 0.1) is 6.92 Å². The van der Waals surface area contributed by atoms with Gasteiger partial charge in [-0.15, -0.1) is 0 Å². The van der Waals surface area contributed by atoms with E-state index >= 15 is 0 Å². The molecule has 5 nitrogen and oxygen atoms in total. The van der Waals surface area contributed by atoms with Crippen LogP contribution < -0.4 is 15.6 Å². The molecule has 138 valence electrons. The zero-order valence-electron chi connectivity index (χ0n) is 13.7. The van der Waals surface area contributed by atoms with Crippen LogP contribution in [0.4, 0.5) is 18.9 Å². The summed E-state index contributed by atoms with van der Waals surface area (Å²) in [6.07, 6.45) is -3.37. The summed E-state index contributed by atoms with van der Waals surface area (Å²) in [7, 11) is -3.88. The average molecular weight is 383 g/mol. The van der Waals surface area contributed by atoms with Gasteiger partial charge in [-0.25, -0.2) is 19.0 Å². The highest BCUT2D eigenvalue weighted by Gasteiger charge is 2.43. The minimum absolute atomic E-state index is 0.117. The molecule has 2 aromatic rings. The lowest BCUT2D eigenvalue weighted by Gasteiger charge is -2.25. The number of hydrazine groups is 1. The highest BCUT2D eigenvalue weighted by Crippen LogP contribution is 2.34. The largest absolute Gasteiger partial charge is 0.409 e. The lowest BCUT2D eigenvalue weighted by molar-refractivity contribution is -0.142. The van der Waals surface area contributed by atoms with Crippen LogP contribution in [0.2, 0.25) is 0 Å². The second kappa shape index (κ2) is 6.42. The van der Waals surface area contributed by atoms with Crippen LogP contribution >= 0.6 is 0 Å². The fourth-order valence-electron chi connectivity index (χ4n) is 2.59. The van der Waals surface area contributed by atoms with Gasteiger partial charge in [-0.1, -0.05) is 29.8 Å². The quantitative estimate of drug-likeness (QED) is 0.855. The van der Waals surface area contributed by atoms with E-state index in [-0.39, 0.29) is 4.90 Å². The Hall–Kier alpha value is -2.36. The van der Waals surface area contributed by atoms with E-state index in [0.29, 0.717) is 16.9 Å². The van der Waals surface area contributed by atoms with E-state index in [4.69, 9.17) is 5.14 Å². The molecule has 9 heteroatoms. The minimum atomic E-state index is -4.47. The normalized spacial score (nSPS) is 18.1. The predicted octanol–water partition coefficient (Wildman–Crippen LogP) is 2.94. The Bertz CT molecular complexity index is 937. The van der Waals surface area contributed by atoms with Crippen LogP contribution in [0.3, 0.4) is 0 Å². The summed E-state index contributed by atoms with van der Waals surface area (Å²) in [5.41, 5.74) is 4.68. The van der Waals surface area contributed by atoms with Crippen molar-refractivity contribution < 1.29 is 21.6 Å². The number of halogens is 3. The van der Waals surface area contributed by atoms with Gasteiger partial charge in [0, 0.05) is 0 Å². The van der Waals surface area contributed by atoms with Gasteiger partial charge in [0.25, 0.3) is 0 Å². The molecule has 0 saturated heterocycles. The third-order valence-electron chi connectivity index (χ3n) is 3.96. The number of nitrogens with zero attached hydrogens (tertiary/aromatic N) is 1. The zero-order valence-corrected chi connectivity index (χ0v) is 14.5. The Morgan fingerprint density at radius 1 is 1.04 bits per heavy atom. The van der Waals surface area contributed by atoms with Crippen molar-refractivity contribution in [3.8, 4) is 0 Å². The topological polar surface area (TPSA) is 75.4 Å². The predicted molar refractivity (Wildman–Crippen MR) is 92.4 cm³/mol. The van der Waals surface area contributed by atoms with Crippen molar-refractivity contribution in [2.45, 2.75) is 24.0 Å². The molecule has 0 aliphatic carbocycles. The molecule has 0 fully saturated rings. The molecule has 0 amide bonds. The molecule has 0 saturated carbocycles. The van der Waals surface area contributed by atoms with Crippen LogP contribution in [-0.2, 0) is 10.0 Å². The molecule has 0 aromatic heterocycles. The summed E-state index contributed by atoms with van der Waals surface area (Å²) in [6, 6.07) is 10.5. The van der Waals surface area contributed by atoms with Crippen LogP contribution in [-0.4, -0.2) is 20.6 Å². The second-order valence-corrected chi connectivity index (χ2v) is 7.50. The highest BCUT2D eigenvalue weighted by molar-refractivity contribution is 7.89. The van der Waals surface area contributed by atoms with Crippen molar-refractivity contribution >= 4 is 21.4 Å². The van der Waals surface area contributed by atoms with Gasteiger partial charge < -0.3 is 0 Å². The molecule has 1 aliphatic heterocycles. The SMILES string of the molecule is Cc1ccc(C2=CC(C(F)(F)F)NN2c2ccc(S(N)(=O)=O)cc2)cc1. The Morgan fingerprint density at radius 3 is 2.12 bits per heavy atom. The molecule has 2 aromatic carbocycles. The van der Waals surface area contributed by atoms with E-state index in [1.807, 2.05) is 6.92 Å². The second-order valence-electron chi connectivity index (χ2n) is 5.94. The number of anilines is 1. The van der Waals surface area contributed by atoms with Crippen LogP contribution in [0.25, 0.3) is 5.70 Å². The number of alkyl halides is 3. The number of sulfonamides is 1. The molecule has 0 bridgehead atoms. The van der Waals surface area contributed by atoms with Crippen LogP contribution in [0.1, 0.15) is 11.1 Å². The molecule has 1 unspecified atom stereocenters. The Balaban J connectivity index is 2.01. The first-order valence-corrected chi connectivity index (χ1v) is 9.15. The van der Waals surface area contributed by atoms with Gasteiger partial charge in [0.15, 0.2) is 0 Å². The number of aryl methyl sites for hydroxylation is 1. The van der Waals surface area contributed by atoms with Crippen LogP contribution in [0.15, 0.2) is 59.5 Å². The standard InChI is InChI=1S/C17H16F3N3O2S/c1-11-2-4-12(5-3-11)15-10-16(17(18,19)20)22-23(15)13-6-8-14(9-7-13)26(21,24)25/h2-10,16,22H,1H3,(H2,21,24,25). The highest BCUT2D eigenvalue weighted by atomic mass is 32.2. The summed E-state index contributed by atoms with van der Waals surface area (Å²) < 4.78 is 62.3. The third kappa shape index (κ3) is 3.74. The van der Waals surface area contributed by atoms with E-state index in [0.717, 1.165) is 11.6 Å². The molecule has 3 N–H and O–H groups in total. The average Bonchev–Trinajstić information content (AvgIpc) is 3.00. The number of primary sulfonamides is 1. The number of hydrogen-bond acceptors (Lipinski definition) is 4. The summed E-state index contributed by atoms with van der Waals surface area (Å²) in [4.78, 5) is -0.117. The molecule has 1 heterocycles. The Labute approximate surface area is 148 Å². The number of nitrogens with one attached hydrogen (secondary N) is 1. The maximum absolute atomic E-state index is 13.2. The van der Waals surface area contributed by atoms with Gasteiger partial charge >= 0.3 is 6.18 Å². The Kier molecular flexibility index (Phi) is 4.55. The van der Waals surface area contributed by atoms with Crippen molar-refractivity contribution in [3.63, 3.8) is 0 Å². The fourth-order valence-corrected chi connectivity index (χ4v) is 3.11. The van der Waals surface area contributed by atoms with E-state index < -0.39 is 22.2 Å². The van der Waals surface area contributed by atoms with Crippen molar-refractivity contribution in [1.82, 2.24) is 5.43 Å². The van der Waals surface area contributed by atoms with Gasteiger partial charge in [-0.2, -0.15) is 13.2 Å². The first-order chi connectivity index (χ1) is 12.1. The van der Waals surface area contributed by atoms with Crippen molar-refractivity contribution in [2.75, 3.05) is 5.01 Å². The van der Waals surface area contributed by atoms with Gasteiger partial charge in [-0.3, -0.25) is 5.01 Å². The first kappa shape index (κ1) is 18.4. The van der Waals surface area contributed by atoms with Crippen molar-refractivity contribution in [1.29, 1.82) is 0 Å². The molecular weight excluding hydrogens is 367 g/mol. The maximum atomic E-state index is 13.2. The molecule has 3 rings (SSSR count). The number of benzene rings is 2. The van der Waals surface area contributed by atoms with E-state index in [9.17, 15) is 21.6 Å². The lowest BCUT2D eigenvalue weighted by atomic mass is 10.1. The molecule has 1 aliphatic rings. The van der Waals surface area contributed by atoms with Crippen LogP contribution in [0.5, 0.6) is 0 Å². The lowest BCUT2D eigenvalue weighted by Crippen LogP contribution is -2.44.